The molecule has 0 atom stereocenters. The monoisotopic (exact) mass is 322 g/mol. The van der Waals surface area contributed by atoms with Gasteiger partial charge in [0.1, 0.15) is 17.2 Å². The second kappa shape index (κ2) is 6.64. The summed E-state index contributed by atoms with van der Waals surface area (Å²) in [7, 11) is 0. The van der Waals surface area contributed by atoms with E-state index >= 15 is 0 Å². The number of carbonyl (C=O) groups is 2. The molecule has 0 aromatic heterocycles. The van der Waals surface area contributed by atoms with Crippen LogP contribution in [0.2, 0.25) is 0 Å². The lowest BCUT2D eigenvalue weighted by molar-refractivity contribution is -0.136. The Morgan fingerprint density at radius 3 is 2.00 bits per heavy atom. The van der Waals surface area contributed by atoms with Gasteiger partial charge in [0.25, 0.3) is 5.91 Å². The van der Waals surface area contributed by atoms with Gasteiger partial charge in [0.05, 0.1) is 0 Å². The van der Waals surface area contributed by atoms with Crippen LogP contribution in [0.5, 0.6) is 0 Å². The standard InChI is InChI=1S/C17H20F2N2O2/c18-13-6-3-7-14(19)15(13)17(23)21-10-8-20(9-11-21)16(22)12-4-1-2-5-12/h3,6-7,12H,1-2,4-5,8-11H2. The van der Waals surface area contributed by atoms with Crippen LogP contribution >= 0.6 is 0 Å². The van der Waals surface area contributed by atoms with Gasteiger partial charge in [-0.2, -0.15) is 0 Å². The van der Waals surface area contributed by atoms with Crippen molar-refractivity contribution < 1.29 is 18.4 Å². The van der Waals surface area contributed by atoms with Crippen molar-refractivity contribution in [3.63, 3.8) is 0 Å². The lowest BCUT2D eigenvalue weighted by atomic mass is 10.1. The van der Waals surface area contributed by atoms with Gasteiger partial charge in [0.15, 0.2) is 0 Å². The Kier molecular flexibility index (Phi) is 4.59. The SMILES string of the molecule is O=C(c1c(F)cccc1F)N1CCN(C(=O)C2CCCC2)CC1. The van der Waals surface area contributed by atoms with Gasteiger partial charge < -0.3 is 9.80 Å². The highest BCUT2D eigenvalue weighted by Crippen LogP contribution is 2.27. The minimum absolute atomic E-state index is 0.112. The summed E-state index contributed by atoms with van der Waals surface area (Å²) in [5.41, 5.74) is -0.511. The first-order valence-electron chi connectivity index (χ1n) is 8.10. The molecule has 0 spiro atoms. The third-order valence-electron chi connectivity index (χ3n) is 4.76. The number of benzene rings is 1. The number of amides is 2. The van der Waals surface area contributed by atoms with E-state index in [1.165, 1.54) is 11.0 Å². The lowest BCUT2D eigenvalue weighted by Gasteiger charge is -2.36. The summed E-state index contributed by atoms with van der Waals surface area (Å²) in [5.74, 6) is -2.07. The fourth-order valence-electron chi connectivity index (χ4n) is 3.42. The molecule has 1 aliphatic carbocycles. The number of rotatable bonds is 2. The molecule has 3 rings (SSSR count). The molecule has 2 aliphatic rings. The van der Waals surface area contributed by atoms with Gasteiger partial charge in [-0.3, -0.25) is 9.59 Å². The van der Waals surface area contributed by atoms with Crippen LogP contribution in [0.4, 0.5) is 8.78 Å². The van der Waals surface area contributed by atoms with E-state index in [4.69, 9.17) is 0 Å². The Labute approximate surface area is 134 Å². The zero-order valence-corrected chi connectivity index (χ0v) is 12.9. The average molecular weight is 322 g/mol. The van der Waals surface area contributed by atoms with Crippen molar-refractivity contribution in [3.8, 4) is 0 Å². The van der Waals surface area contributed by atoms with Gasteiger partial charge in [-0.05, 0) is 25.0 Å². The van der Waals surface area contributed by atoms with Crippen LogP contribution in [-0.2, 0) is 4.79 Å². The first-order valence-corrected chi connectivity index (χ1v) is 8.10. The van der Waals surface area contributed by atoms with E-state index in [-0.39, 0.29) is 11.8 Å². The molecular weight excluding hydrogens is 302 g/mol. The molecule has 4 nitrogen and oxygen atoms in total. The van der Waals surface area contributed by atoms with Gasteiger partial charge in [-0.1, -0.05) is 18.9 Å². The average Bonchev–Trinajstić information content (AvgIpc) is 3.08. The summed E-state index contributed by atoms with van der Waals surface area (Å²) >= 11 is 0. The van der Waals surface area contributed by atoms with Crippen LogP contribution in [-0.4, -0.2) is 47.8 Å². The van der Waals surface area contributed by atoms with Crippen molar-refractivity contribution in [2.24, 2.45) is 5.92 Å². The van der Waals surface area contributed by atoms with Crippen molar-refractivity contribution in [1.29, 1.82) is 0 Å². The second-order valence-electron chi connectivity index (χ2n) is 6.20. The summed E-state index contributed by atoms with van der Waals surface area (Å²) in [4.78, 5) is 27.9. The topological polar surface area (TPSA) is 40.6 Å². The van der Waals surface area contributed by atoms with E-state index in [0.29, 0.717) is 26.2 Å². The van der Waals surface area contributed by atoms with E-state index < -0.39 is 23.1 Å². The van der Waals surface area contributed by atoms with Crippen molar-refractivity contribution >= 4 is 11.8 Å². The summed E-state index contributed by atoms with van der Waals surface area (Å²) < 4.78 is 27.4. The predicted molar refractivity (Wildman–Crippen MR) is 80.8 cm³/mol. The van der Waals surface area contributed by atoms with Crippen LogP contribution in [0.1, 0.15) is 36.0 Å². The third-order valence-corrected chi connectivity index (χ3v) is 4.76. The van der Waals surface area contributed by atoms with Gasteiger partial charge >= 0.3 is 0 Å². The van der Waals surface area contributed by atoms with Crippen molar-refractivity contribution in [1.82, 2.24) is 9.80 Å². The normalized spacial score (nSPS) is 19.2. The van der Waals surface area contributed by atoms with Crippen LogP contribution in [0.3, 0.4) is 0 Å². The molecular formula is C17H20F2N2O2. The number of hydrogen-bond acceptors (Lipinski definition) is 2. The molecule has 2 amide bonds. The number of halogens is 2. The highest BCUT2D eigenvalue weighted by molar-refractivity contribution is 5.95. The minimum atomic E-state index is -0.848. The highest BCUT2D eigenvalue weighted by Gasteiger charge is 2.31. The molecule has 1 aromatic rings. The van der Waals surface area contributed by atoms with Crippen LogP contribution < -0.4 is 0 Å². The lowest BCUT2D eigenvalue weighted by Crippen LogP contribution is -2.52. The third kappa shape index (κ3) is 3.21. The van der Waals surface area contributed by atoms with Gasteiger partial charge in [-0.15, -0.1) is 0 Å². The maximum Gasteiger partial charge on any atom is 0.259 e. The molecule has 0 unspecified atom stereocenters. The maximum atomic E-state index is 13.7. The summed E-state index contributed by atoms with van der Waals surface area (Å²) in [6, 6.07) is 3.39. The van der Waals surface area contributed by atoms with E-state index in [1.807, 2.05) is 0 Å². The van der Waals surface area contributed by atoms with Gasteiger partial charge in [0, 0.05) is 32.1 Å². The van der Waals surface area contributed by atoms with E-state index in [2.05, 4.69) is 0 Å². The number of nitrogens with zero attached hydrogens (tertiary/aromatic N) is 2. The molecule has 1 saturated carbocycles. The number of piperazine rings is 1. The van der Waals surface area contributed by atoms with Crippen molar-refractivity contribution in [2.45, 2.75) is 25.7 Å². The predicted octanol–water partition coefficient (Wildman–Crippen LogP) is 2.44. The molecule has 0 bridgehead atoms. The molecule has 1 aromatic carbocycles. The van der Waals surface area contributed by atoms with E-state index in [0.717, 1.165) is 37.8 Å². The second-order valence-corrected chi connectivity index (χ2v) is 6.20. The Hall–Kier alpha value is -1.98. The molecule has 1 aliphatic heterocycles. The van der Waals surface area contributed by atoms with Crippen molar-refractivity contribution in [2.75, 3.05) is 26.2 Å². The fraction of sp³-hybridized carbons (Fsp3) is 0.529. The fourth-order valence-corrected chi connectivity index (χ4v) is 3.42. The largest absolute Gasteiger partial charge is 0.339 e. The number of hydrogen-bond donors (Lipinski definition) is 0. The molecule has 0 N–H and O–H groups in total. The first kappa shape index (κ1) is 15.9. The van der Waals surface area contributed by atoms with Gasteiger partial charge in [0.2, 0.25) is 5.91 Å². The molecule has 6 heteroatoms. The van der Waals surface area contributed by atoms with Crippen LogP contribution in [0.25, 0.3) is 0 Å². The van der Waals surface area contributed by atoms with Crippen LogP contribution in [0.15, 0.2) is 18.2 Å². The van der Waals surface area contributed by atoms with E-state index in [1.54, 1.807) is 4.90 Å². The molecule has 2 fully saturated rings. The summed E-state index contributed by atoms with van der Waals surface area (Å²) in [6.07, 6.45) is 4.08. The molecule has 1 heterocycles. The Balaban J connectivity index is 1.62. The summed E-state index contributed by atoms with van der Waals surface area (Å²) in [6.45, 7) is 1.48. The maximum absolute atomic E-state index is 13.7. The highest BCUT2D eigenvalue weighted by atomic mass is 19.1. The Morgan fingerprint density at radius 2 is 1.43 bits per heavy atom. The Morgan fingerprint density at radius 1 is 0.913 bits per heavy atom. The molecule has 124 valence electrons. The zero-order valence-electron chi connectivity index (χ0n) is 12.9. The molecule has 0 radical (unpaired) electrons. The number of carbonyl (C=O) groups excluding carboxylic acids is 2. The minimum Gasteiger partial charge on any atom is -0.339 e. The Bertz CT molecular complexity index is 586. The smallest absolute Gasteiger partial charge is 0.259 e. The van der Waals surface area contributed by atoms with Crippen molar-refractivity contribution in [3.05, 3.63) is 35.4 Å². The van der Waals surface area contributed by atoms with Gasteiger partial charge in [-0.25, -0.2) is 8.78 Å². The quantitative estimate of drug-likeness (QED) is 0.839. The van der Waals surface area contributed by atoms with Crippen LogP contribution in [0, 0.1) is 17.6 Å². The zero-order chi connectivity index (χ0) is 16.4. The van der Waals surface area contributed by atoms with E-state index in [9.17, 15) is 18.4 Å². The summed E-state index contributed by atoms with van der Waals surface area (Å²) in [5, 5.41) is 0. The molecule has 1 saturated heterocycles. The molecule has 23 heavy (non-hydrogen) atoms. The first-order chi connectivity index (χ1) is 11.1.